The second-order valence-corrected chi connectivity index (χ2v) is 8.31. The Kier molecular flexibility index (Phi) is 4.07. The topological polar surface area (TPSA) is 81.7 Å². The predicted molar refractivity (Wildman–Crippen MR) is 123 cm³/mol. The molecule has 4 aromatic heterocycles. The van der Waals surface area contributed by atoms with Gasteiger partial charge in [0.05, 0.1) is 17.6 Å². The zero-order valence-corrected chi connectivity index (χ0v) is 17.6. The van der Waals surface area contributed by atoms with E-state index in [2.05, 4.69) is 72.4 Å². The molecule has 0 atom stereocenters. The van der Waals surface area contributed by atoms with Gasteiger partial charge < -0.3 is 14.8 Å². The molecule has 0 saturated carbocycles. The van der Waals surface area contributed by atoms with E-state index in [0.717, 1.165) is 59.6 Å². The molecule has 156 valence electrons. The molecule has 5 aromatic rings. The van der Waals surface area contributed by atoms with Gasteiger partial charge in [-0.05, 0) is 31.3 Å². The fraction of sp³-hybridized carbons (Fsp3) is 0.261. The van der Waals surface area contributed by atoms with E-state index in [0.29, 0.717) is 5.65 Å². The number of benzene rings is 1. The van der Waals surface area contributed by atoms with Gasteiger partial charge in [0.25, 0.3) is 0 Å². The molecule has 0 bridgehead atoms. The van der Waals surface area contributed by atoms with Crippen molar-refractivity contribution in [2.24, 2.45) is 7.05 Å². The van der Waals surface area contributed by atoms with Crippen molar-refractivity contribution >= 4 is 27.6 Å². The number of H-pyrrole nitrogens is 2. The summed E-state index contributed by atoms with van der Waals surface area (Å²) in [7, 11) is 4.10. The molecule has 2 N–H and O–H groups in total. The van der Waals surface area contributed by atoms with E-state index in [1.165, 1.54) is 11.1 Å². The van der Waals surface area contributed by atoms with Crippen LogP contribution >= 0.6 is 0 Å². The summed E-state index contributed by atoms with van der Waals surface area (Å²) < 4.78 is 1.80. The first-order valence-electron chi connectivity index (χ1n) is 10.5. The van der Waals surface area contributed by atoms with Gasteiger partial charge in [-0.25, -0.2) is 4.98 Å². The number of aromatic amines is 2. The summed E-state index contributed by atoms with van der Waals surface area (Å²) >= 11 is 0. The van der Waals surface area contributed by atoms with Crippen molar-refractivity contribution in [3.63, 3.8) is 0 Å². The molecule has 6 rings (SSSR count). The molecule has 8 heteroatoms. The number of fused-ring (bicyclic) bond motifs is 2. The van der Waals surface area contributed by atoms with Crippen LogP contribution in [0.15, 0.2) is 48.9 Å². The number of hydrogen-bond donors (Lipinski definition) is 2. The number of nitrogens with zero attached hydrogens (tertiary/aromatic N) is 6. The average molecular weight is 413 g/mol. The first-order chi connectivity index (χ1) is 15.2. The summed E-state index contributed by atoms with van der Waals surface area (Å²) in [6.07, 6.45) is 5.70. The number of anilines is 1. The Morgan fingerprint density at radius 3 is 2.61 bits per heavy atom. The van der Waals surface area contributed by atoms with Gasteiger partial charge >= 0.3 is 0 Å². The Bertz CT molecular complexity index is 1380. The number of piperazine rings is 1. The molecule has 1 fully saturated rings. The summed E-state index contributed by atoms with van der Waals surface area (Å²) in [6.45, 7) is 4.26. The molecular formula is C23H24N8. The van der Waals surface area contributed by atoms with Crippen LogP contribution in [0.4, 0.5) is 5.69 Å². The minimum absolute atomic E-state index is 0.709. The van der Waals surface area contributed by atoms with Crippen molar-refractivity contribution in [1.29, 1.82) is 0 Å². The molecule has 0 spiro atoms. The number of aromatic nitrogens is 6. The molecular weight excluding hydrogens is 388 g/mol. The zero-order valence-electron chi connectivity index (χ0n) is 17.6. The van der Waals surface area contributed by atoms with E-state index in [4.69, 9.17) is 0 Å². The summed E-state index contributed by atoms with van der Waals surface area (Å²) in [5.41, 5.74) is 7.16. The van der Waals surface area contributed by atoms with E-state index in [-0.39, 0.29) is 0 Å². The van der Waals surface area contributed by atoms with E-state index in [1.807, 2.05) is 25.6 Å². The minimum Gasteiger partial charge on any atom is -0.368 e. The van der Waals surface area contributed by atoms with Gasteiger partial charge in [0.1, 0.15) is 0 Å². The summed E-state index contributed by atoms with van der Waals surface area (Å²) in [4.78, 5) is 13.0. The van der Waals surface area contributed by atoms with E-state index in [1.54, 1.807) is 4.68 Å². The Labute approximate surface area is 179 Å². The van der Waals surface area contributed by atoms with Crippen LogP contribution in [-0.4, -0.2) is 68.1 Å². The maximum Gasteiger partial charge on any atom is 0.181 e. The van der Waals surface area contributed by atoms with Crippen LogP contribution in [0.1, 0.15) is 0 Å². The van der Waals surface area contributed by atoms with Crippen LogP contribution in [0.3, 0.4) is 0 Å². The molecule has 8 nitrogen and oxygen atoms in total. The molecule has 1 aliphatic heterocycles. The molecule has 0 aliphatic carbocycles. The second-order valence-electron chi connectivity index (χ2n) is 8.31. The van der Waals surface area contributed by atoms with Gasteiger partial charge in [-0.15, -0.1) is 0 Å². The Balaban J connectivity index is 1.44. The number of aryl methyl sites for hydroxylation is 1. The van der Waals surface area contributed by atoms with Crippen LogP contribution in [-0.2, 0) is 7.05 Å². The third kappa shape index (κ3) is 3.07. The number of rotatable bonds is 3. The maximum absolute atomic E-state index is 4.56. The molecule has 0 radical (unpaired) electrons. The van der Waals surface area contributed by atoms with Gasteiger partial charge in [0.15, 0.2) is 5.65 Å². The number of hydrogen-bond acceptors (Lipinski definition) is 5. The lowest BCUT2D eigenvalue weighted by Crippen LogP contribution is -2.44. The van der Waals surface area contributed by atoms with E-state index < -0.39 is 0 Å². The predicted octanol–water partition coefficient (Wildman–Crippen LogP) is 3.26. The highest BCUT2D eigenvalue weighted by molar-refractivity contribution is 6.00. The lowest BCUT2D eigenvalue weighted by atomic mass is 10.1. The van der Waals surface area contributed by atoms with E-state index >= 15 is 0 Å². The van der Waals surface area contributed by atoms with Gasteiger partial charge in [-0.2, -0.15) is 10.2 Å². The lowest BCUT2D eigenvalue weighted by molar-refractivity contribution is 0.313. The number of nitrogens with one attached hydrogen (secondary N) is 2. The largest absolute Gasteiger partial charge is 0.368 e. The second kappa shape index (κ2) is 6.95. The Hall–Kier alpha value is -3.65. The van der Waals surface area contributed by atoms with Crippen molar-refractivity contribution in [2.45, 2.75) is 0 Å². The normalized spacial score (nSPS) is 15.4. The highest BCUT2D eigenvalue weighted by Gasteiger charge is 2.19. The third-order valence-corrected chi connectivity index (χ3v) is 6.20. The molecule has 31 heavy (non-hydrogen) atoms. The fourth-order valence-electron chi connectivity index (χ4n) is 4.43. The maximum atomic E-state index is 4.56. The highest BCUT2D eigenvalue weighted by atomic mass is 15.3. The van der Waals surface area contributed by atoms with Crippen LogP contribution < -0.4 is 4.90 Å². The van der Waals surface area contributed by atoms with Crippen LogP contribution in [0, 0.1) is 0 Å². The fourth-order valence-corrected chi connectivity index (χ4v) is 4.43. The van der Waals surface area contributed by atoms with Gasteiger partial charge in [0, 0.05) is 78.7 Å². The summed E-state index contributed by atoms with van der Waals surface area (Å²) in [5.74, 6) is 0. The van der Waals surface area contributed by atoms with Crippen LogP contribution in [0.2, 0.25) is 0 Å². The molecule has 0 unspecified atom stereocenters. The average Bonchev–Trinajstić information content (AvgIpc) is 3.51. The molecule has 1 saturated heterocycles. The van der Waals surface area contributed by atoms with E-state index in [9.17, 15) is 0 Å². The van der Waals surface area contributed by atoms with Crippen molar-refractivity contribution in [1.82, 2.24) is 34.8 Å². The number of pyridine rings is 1. The summed E-state index contributed by atoms with van der Waals surface area (Å²) in [6, 6.07) is 10.8. The SMILES string of the molecule is CN1CCN(c2cccc3[nH]c(-c4[nH]nc5ncc(-c6cnn(C)c6)cc45)cc23)CC1. The highest BCUT2D eigenvalue weighted by Crippen LogP contribution is 2.34. The lowest BCUT2D eigenvalue weighted by Gasteiger charge is -2.34. The first-order valence-corrected chi connectivity index (χ1v) is 10.5. The van der Waals surface area contributed by atoms with Crippen LogP contribution in [0.5, 0.6) is 0 Å². The Morgan fingerprint density at radius 1 is 0.935 bits per heavy atom. The molecule has 1 aliphatic rings. The molecule has 1 aromatic carbocycles. The van der Waals surface area contributed by atoms with Gasteiger partial charge in [-0.3, -0.25) is 9.78 Å². The van der Waals surface area contributed by atoms with Gasteiger partial charge in [0.2, 0.25) is 0 Å². The quantitative estimate of drug-likeness (QED) is 0.475. The monoisotopic (exact) mass is 412 g/mol. The molecule has 0 amide bonds. The zero-order chi connectivity index (χ0) is 20.9. The minimum atomic E-state index is 0.709. The number of likely N-dealkylation sites (N-methyl/N-ethyl adjacent to an activating group) is 1. The molecule has 5 heterocycles. The smallest absolute Gasteiger partial charge is 0.181 e. The van der Waals surface area contributed by atoms with Crippen molar-refractivity contribution < 1.29 is 0 Å². The summed E-state index contributed by atoms with van der Waals surface area (Å²) in [5, 5.41) is 14.1. The van der Waals surface area contributed by atoms with Crippen LogP contribution in [0.25, 0.3) is 44.5 Å². The first kappa shape index (κ1) is 18.1. The standard InChI is InChI=1S/C23H24N8/c1-29-6-8-31(9-7-29)21-5-3-4-19-17(21)11-20(26-19)22-18-10-15(12-24-23(18)28-27-22)16-13-25-30(2)14-16/h3-5,10-14,26H,6-9H2,1-2H3,(H,24,27,28). The van der Waals surface area contributed by atoms with Crippen molar-refractivity contribution in [2.75, 3.05) is 38.1 Å². The Morgan fingerprint density at radius 2 is 1.81 bits per heavy atom. The third-order valence-electron chi connectivity index (χ3n) is 6.20. The van der Waals surface area contributed by atoms with Crippen molar-refractivity contribution in [3.05, 3.63) is 48.9 Å². The van der Waals surface area contributed by atoms with Crippen molar-refractivity contribution in [3.8, 4) is 22.5 Å². The van der Waals surface area contributed by atoms with Gasteiger partial charge in [-0.1, -0.05) is 6.07 Å².